The van der Waals surface area contributed by atoms with Gasteiger partial charge in [-0.05, 0) is 49.1 Å². The van der Waals surface area contributed by atoms with Crippen molar-refractivity contribution in [2.45, 2.75) is 25.7 Å². The van der Waals surface area contributed by atoms with Crippen LogP contribution in [0.2, 0.25) is 0 Å². The van der Waals surface area contributed by atoms with Gasteiger partial charge in [0.25, 0.3) is 0 Å². The molecule has 32 heavy (non-hydrogen) atoms. The third-order valence-electron chi connectivity index (χ3n) is 5.06. The van der Waals surface area contributed by atoms with Gasteiger partial charge < -0.3 is 24.3 Å². The standard InChI is InChI=1S/C23H25NO7S/c1-5-31-15-9-6-13(12-16(15)28-2)7-11-18(25)24-21-20(23(27)30-4)19-14(22(26)29-3)8-10-17(19)32-21/h6-7,9,11-12,14H,5,8,10H2,1-4H3,(H,24,25)/b11-7+. The van der Waals surface area contributed by atoms with Crippen molar-refractivity contribution in [2.24, 2.45) is 0 Å². The van der Waals surface area contributed by atoms with Crippen LogP contribution in [0.25, 0.3) is 6.08 Å². The molecule has 0 fully saturated rings. The quantitative estimate of drug-likeness (QED) is 0.473. The number of carbonyl (C=O) groups is 3. The Labute approximate surface area is 190 Å². The van der Waals surface area contributed by atoms with Crippen LogP contribution in [0.1, 0.15) is 45.6 Å². The van der Waals surface area contributed by atoms with E-state index in [9.17, 15) is 14.4 Å². The summed E-state index contributed by atoms with van der Waals surface area (Å²) in [6.45, 7) is 2.39. The normalized spacial score (nSPS) is 14.7. The van der Waals surface area contributed by atoms with Gasteiger partial charge in [-0.3, -0.25) is 9.59 Å². The van der Waals surface area contributed by atoms with Crippen molar-refractivity contribution in [3.63, 3.8) is 0 Å². The first-order valence-corrected chi connectivity index (χ1v) is 10.9. The molecule has 3 rings (SSSR count). The summed E-state index contributed by atoms with van der Waals surface area (Å²) in [4.78, 5) is 38.1. The average molecular weight is 460 g/mol. The first-order chi connectivity index (χ1) is 15.4. The van der Waals surface area contributed by atoms with Crippen LogP contribution in [0, 0.1) is 0 Å². The van der Waals surface area contributed by atoms with Gasteiger partial charge in [-0.2, -0.15) is 0 Å². The molecular weight excluding hydrogens is 434 g/mol. The molecule has 9 heteroatoms. The number of hydrogen-bond donors (Lipinski definition) is 1. The average Bonchev–Trinajstić information content (AvgIpc) is 3.36. The van der Waals surface area contributed by atoms with Crippen molar-refractivity contribution >= 4 is 40.3 Å². The fourth-order valence-electron chi connectivity index (χ4n) is 3.62. The maximum atomic E-state index is 12.6. The number of esters is 2. The SMILES string of the molecule is CCOc1ccc(/C=C/C(=O)Nc2sc3c(c2C(=O)OC)C(C(=O)OC)CC3)cc1OC. The molecule has 1 heterocycles. The molecule has 1 aliphatic carbocycles. The number of anilines is 1. The lowest BCUT2D eigenvalue weighted by Gasteiger charge is -2.11. The largest absolute Gasteiger partial charge is 0.493 e. The summed E-state index contributed by atoms with van der Waals surface area (Å²) in [6.07, 6.45) is 4.18. The first kappa shape index (κ1) is 23.3. The minimum Gasteiger partial charge on any atom is -0.493 e. The van der Waals surface area contributed by atoms with E-state index in [0.717, 1.165) is 10.4 Å². The summed E-state index contributed by atoms with van der Waals surface area (Å²) < 4.78 is 20.6. The highest BCUT2D eigenvalue weighted by molar-refractivity contribution is 7.17. The van der Waals surface area contributed by atoms with E-state index < -0.39 is 23.8 Å². The maximum absolute atomic E-state index is 12.6. The van der Waals surface area contributed by atoms with Gasteiger partial charge in [0.2, 0.25) is 5.91 Å². The molecular formula is C23H25NO7S. The number of aryl methyl sites for hydroxylation is 1. The van der Waals surface area contributed by atoms with Gasteiger partial charge >= 0.3 is 11.9 Å². The van der Waals surface area contributed by atoms with E-state index in [-0.39, 0.29) is 5.56 Å². The topological polar surface area (TPSA) is 100 Å². The molecule has 1 unspecified atom stereocenters. The predicted molar refractivity (Wildman–Crippen MR) is 121 cm³/mol. The van der Waals surface area contributed by atoms with Crippen LogP contribution in [0.5, 0.6) is 11.5 Å². The van der Waals surface area contributed by atoms with Crippen molar-refractivity contribution < 1.29 is 33.3 Å². The number of ether oxygens (including phenoxy) is 4. The molecule has 2 aromatic rings. The molecule has 0 radical (unpaired) electrons. The number of amides is 1. The number of benzene rings is 1. The number of fused-ring (bicyclic) bond motifs is 1. The smallest absolute Gasteiger partial charge is 0.341 e. The fraction of sp³-hybridized carbons (Fsp3) is 0.348. The summed E-state index contributed by atoms with van der Waals surface area (Å²) in [5.41, 5.74) is 1.54. The molecule has 8 nitrogen and oxygen atoms in total. The second kappa shape index (κ2) is 10.3. The fourth-order valence-corrected chi connectivity index (χ4v) is 4.89. The van der Waals surface area contributed by atoms with E-state index in [1.54, 1.807) is 31.4 Å². The van der Waals surface area contributed by atoms with Crippen molar-refractivity contribution in [1.29, 1.82) is 0 Å². The van der Waals surface area contributed by atoms with Gasteiger partial charge in [0.15, 0.2) is 11.5 Å². The Kier molecular flexibility index (Phi) is 7.53. The molecule has 0 saturated carbocycles. The Balaban J connectivity index is 1.83. The molecule has 1 atom stereocenters. The Morgan fingerprint density at radius 3 is 2.59 bits per heavy atom. The first-order valence-electron chi connectivity index (χ1n) is 10.0. The number of rotatable bonds is 8. The minimum atomic E-state index is -0.603. The van der Waals surface area contributed by atoms with E-state index in [1.165, 1.54) is 31.6 Å². The van der Waals surface area contributed by atoms with Crippen LogP contribution in [-0.2, 0) is 25.5 Å². The van der Waals surface area contributed by atoms with Gasteiger partial charge in [-0.15, -0.1) is 11.3 Å². The third kappa shape index (κ3) is 4.77. The number of thiophene rings is 1. The molecule has 1 amide bonds. The van der Waals surface area contributed by atoms with E-state index in [0.29, 0.717) is 41.5 Å². The van der Waals surface area contributed by atoms with Crippen molar-refractivity contribution in [3.05, 3.63) is 45.8 Å². The van der Waals surface area contributed by atoms with Crippen molar-refractivity contribution in [1.82, 2.24) is 0 Å². The zero-order valence-corrected chi connectivity index (χ0v) is 19.2. The summed E-state index contributed by atoms with van der Waals surface area (Å²) in [6, 6.07) is 5.33. The van der Waals surface area contributed by atoms with Crippen LogP contribution in [-0.4, -0.2) is 45.8 Å². The van der Waals surface area contributed by atoms with Crippen LogP contribution < -0.4 is 14.8 Å². The molecule has 0 aliphatic heterocycles. The molecule has 170 valence electrons. The van der Waals surface area contributed by atoms with Gasteiger partial charge in [0, 0.05) is 11.0 Å². The summed E-state index contributed by atoms with van der Waals surface area (Å²) in [5, 5.41) is 3.10. The van der Waals surface area contributed by atoms with Crippen LogP contribution in [0.15, 0.2) is 24.3 Å². The molecule has 1 aliphatic rings. The Morgan fingerprint density at radius 2 is 1.94 bits per heavy atom. The van der Waals surface area contributed by atoms with Crippen LogP contribution >= 0.6 is 11.3 Å². The highest BCUT2D eigenvalue weighted by Crippen LogP contribution is 2.45. The van der Waals surface area contributed by atoms with Crippen LogP contribution in [0.4, 0.5) is 5.00 Å². The van der Waals surface area contributed by atoms with E-state index in [2.05, 4.69) is 5.32 Å². The van der Waals surface area contributed by atoms with E-state index >= 15 is 0 Å². The molecule has 0 bridgehead atoms. The van der Waals surface area contributed by atoms with Gasteiger partial charge in [-0.1, -0.05) is 6.07 Å². The molecule has 0 saturated heterocycles. The van der Waals surface area contributed by atoms with Gasteiger partial charge in [0.1, 0.15) is 5.00 Å². The second-order valence-electron chi connectivity index (χ2n) is 6.91. The Hall–Kier alpha value is -3.33. The molecule has 1 aromatic carbocycles. The zero-order chi connectivity index (χ0) is 23.3. The van der Waals surface area contributed by atoms with E-state index in [4.69, 9.17) is 18.9 Å². The van der Waals surface area contributed by atoms with Crippen molar-refractivity contribution in [2.75, 3.05) is 33.3 Å². The highest BCUT2D eigenvalue weighted by Gasteiger charge is 2.38. The number of methoxy groups -OCH3 is 3. The monoisotopic (exact) mass is 459 g/mol. The van der Waals surface area contributed by atoms with Gasteiger partial charge in [0.05, 0.1) is 39.4 Å². The maximum Gasteiger partial charge on any atom is 0.341 e. The van der Waals surface area contributed by atoms with Crippen molar-refractivity contribution in [3.8, 4) is 11.5 Å². The second-order valence-corrected chi connectivity index (χ2v) is 8.02. The minimum absolute atomic E-state index is 0.213. The summed E-state index contributed by atoms with van der Waals surface area (Å²) >= 11 is 1.28. The number of nitrogens with one attached hydrogen (secondary N) is 1. The predicted octanol–water partition coefficient (Wildman–Crippen LogP) is 3.80. The lowest BCUT2D eigenvalue weighted by Crippen LogP contribution is -2.16. The Morgan fingerprint density at radius 1 is 1.16 bits per heavy atom. The zero-order valence-electron chi connectivity index (χ0n) is 18.4. The lowest BCUT2D eigenvalue weighted by atomic mass is 9.99. The highest BCUT2D eigenvalue weighted by atomic mass is 32.1. The molecule has 1 aromatic heterocycles. The van der Waals surface area contributed by atoms with Gasteiger partial charge in [-0.25, -0.2) is 4.79 Å². The number of hydrogen-bond acceptors (Lipinski definition) is 8. The molecule has 0 spiro atoms. The molecule has 1 N–H and O–H groups in total. The summed E-state index contributed by atoms with van der Waals surface area (Å²) in [5.74, 6) is -0.795. The van der Waals surface area contributed by atoms with Crippen LogP contribution in [0.3, 0.4) is 0 Å². The van der Waals surface area contributed by atoms with E-state index in [1.807, 2.05) is 6.92 Å². The lowest BCUT2D eigenvalue weighted by molar-refractivity contribution is -0.142. The summed E-state index contributed by atoms with van der Waals surface area (Å²) in [7, 11) is 4.12. The number of carbonyl (C=O) groups excluding carboxylic acids is 3. The Bertz CT molecular complexity index is 1060. The third-order valence-corrected chi connectivity index (χ3v) is 6.24.